The molecule has 0 aromatic rings. The smallest absolute Gasteiger partial charge is 0.456 e. The average molecular weight is 1080 g/mol. The molecule has 0 aromatic carbocycles. The van der Waals surface area contributed by atoms with E-state index in [9.17, 15) is 19.0 Å². The highest BCUT2D eigenvalue weighted by Crippen LogP contribution is 2.43. The van der Waals surface area contributed by atoms with Crippen LogP contribution in [0.4, 0.5) is 0 Å². The molecule has 0 bridgehead atoms. The van der Waals surface area contributed by atoms with Crippen molar-refractivity contribution in [3.8, 4) is 0 Å². The van der Waals surface area contributed by atoms with Gasteiger partial charge in [-0.25, -0.2) is 4.57 Å². The lowest BCUT2D eigenvalue weighted by Gasteiger charge is -2.27. The fourth-order valence-electron chi connectivity index (χ4n) is 8.73. The molecule has 3 unspecified atom stereocenters. The second-order valence-electron chi connectivity index (χ2n) is 22.2. The SMILES string of the molecule is CC/C=C\C/C=C\C/C=C\C/C=C\C/C=C\CCCCCCCCCC(=O)OC(/C=C\CCCCCCCCCCC)C(COP(=O)(O)OCC[N+](C)(C)C)NC(=O)CCCCCCC/C=C/CCCCCCCCC. The normalized spacial score (nSPS) is 14.2. The molecule has 9 nitrogen and oxygen atoms in total. The molecule has 0 aliphatic carbocycles. The van der Waals surface area contributed by atoms with Crippen molar-refractivity contribution in [1.82, 2.24) is 5.32 Å². The van der Waals surface area contributed by atoms with Gasteiger partial charge in [-0.1, -0.05) is 241 Å². The van der Waals surface area contributed by atoms with Gasteiger partial charge in [-0.15, -0.1) is 0 Å². The number of phosphoric acid groups is 1. The number of unbranched alkanes of at least 4 members (excludes halogenated alkanes) is 28. The quantitative estimate of drug-likeness (QED) is 0.0205. The van der Waals surface area contributed by atoms with Gasteiger partial charge in [-0.3, -0.25) is 18.6 Å². The predicted molar refractivity (Wildman–Crippen MR) is 328 cm³/mol. The summed E-state index contributed by atoms with van der Waals surface area (Å²) in [6.45, 7) is 6.88. The fourth-order valence-corrected chi connectivity index (χ4v) is 9.46. The molecule has 0 fully saturated rings. The first-order valence-corrected chi connectivity index (χ1v) is 32.9. The highest BCUT2D eigenvalue weighted by Gasteiger charge is 2.30. The Balaban J connectivity index is 5.21. The van der Waals surface area contributed by atoms with Gasteiger partial charge in [-0.05, 0) is 102 Å². The topological polar surface area (TPSA) is 111 Å². The Morgan fingerprint density at radius 1 is 0.474 bits per heavy atom. The van der Waals surface area contributed by atoms with Crippen LogP contribution in [-0.2, 0) is 27.9 Å². The number of likely N-dealkylation sites (N-methyl/N-ethyl adjacent to an activating group) is 1. The van der Waals surface area contributed by atoms with E-state index in [0.29, 0.717) is 17.4 Å². The molecule has 1 amide bonds. The van der Waals surface area contributed by atoms with Gasteiger partial charge in [0.15, 0.2) is 0 Å². The van der Waals surface area contributed by atoms with Gasteiger partial charge in [0.2, 0.25) is 5.91 Å². The maximum atomic E-state index is 13.5. The van der Waals surface area contributed by atoms with E-state index in [4.69, 9.17) is 13.8 Å². The zero-order valence-electron chi connectivity index (χ0n) is 50.2. The molecule has 0 rings (SSSR count). The number of nitrogens with one attached hydrogen (secondary N) is 1. The van der Waals surface area contributed by atoms with E-state index in [0.717, 1.165) is 122 Å². The summed E-state index contributed by atoms with van der Waals surface area (Å²) < 4.78 is 30.7. The van der Waals surface area contributed by atoms with Crippen molar-refractivity contribution in [2.45, 2.75) is 283 Å². The Labute approximate surface area is 469 Å². The maximum absolute atomic E-state index is 13.5. The zero-order chi connectivity index (χ0) is 55.7. The number of carbonyl (C=O) groups excluding carboxylic acids is 2. The molecule has 0 spiro atoms. The standard InChI is InChI=1S/C66H119N2O7P/c1-7-10-13-16-19-22-25-27-29-31-32-33-34-35-36-37-39-41-44-47-50-53-56-59-66(70)75-64(57-54-51-48-45-42-24-21-18-15-12-9-3)63(62-74-76(71,72)73-61-60-68(4,5)6)67-65(69)58-55-52-49-46-43-40-38-30-28-26-23-20-17-14-11-8-2/h10,13,19,22,27,29-30,32-33,35-36,38,54,57,63-64H,7-9,11-12,14-18,20-21,23-26,28,31,34,37,39-53,55-56,58-62H2,1-6H3,(H-,67,69,71,72)/p+1/b13-10-,22-19-,29-27-,33-32-,36-35-,38-30+,57-54-. The van der Waals surface area contributed by atoms with Crippen LogP contribution in [-0.4, -0.2) is 74.3 Å². The number of nitrogens with zero attached hydrogens (tertiary/aromatic N) is 1. The van der Waals surface area contributed by atoms with E-state index in [2.05, 4.69) is 99.0 Å². The molecule has 0 radical (unpaired) electrons. The van der Waals surface area contributed by atoms with Crippen LogP contribution in [0.3, 0.4) is 0 Å². The second-order valence-corrected chi connectivity index (χ2v) is 23.6. The average Bonchev–Trinajstić information content (AvgIpc) is 3.38. The number of allylic oxidation sites excluding steroid dienone is 13. The van der Waals surface area contributed by atoms with E-state index in [-0.39, 0.29) is 31.5 Å². The number of rotatable bonds is 56. The van der Waals surface area contributed by atoms with Gasteiger partial charge < -0.3 is 19.4 Å². The third-order valence-corrected chi connectivity index (χ3v) is 14.6. The summed E-state index contributed by atoms with van der Waals surface area (Å²) in [5.41, 5.74) is 0. The molecule has 0 aliphatic rings. The largest absolute Gasteiger partial charge is 0.472 e. The monoisotopic (exact) mass is 1080 g/mol. The van der Waals surface area contributed by atoms with Gasteiger partial charge in [0.25, 0.3) is 0 Å². The molecule has 0 heterocycles. The van der Waals surface area contributed by atoms with Crippen LogP contribution in [0.1, 0.15) is 271 Å². The Morgan fingerprint density at radius 3 is 1.28 bits per heavy atom. The Bertz CT molecular complexity index is 1580. The Morgan fingerprint density at radius 2 is 0.842 bits per heavy atom. The first-order chi connectivity index (χ1) is 36.9. The molecule has 2 N–H and O–H groups in total. The molecule has 0 saturated carbocycles. The highest BCUT2D eigenvalue weighted by molar-refractivity contribution is 7.47. The maximum Gasteiger partial charge on any atom is 0.472 e. The lowest BCUT2D eigenvalue weighted by Crippen LogP contribution is -2.47. The summed E-state index contributed by atoms with van der Waals surface area (Å²) in [5, 5.41) is 3.05. The van der Waals surface area contributed by atoms with Crippen LogP contribution in [0, 0.1) is 0 Å². The lowest BCUT2D eigenvalue weighted by molar-refractivity contribution is -0.870. The number of amides is 1. The van der Waals surface area contributed by atoms with Crippen LogP contribution >= 0.6 is 7.82 Å². The van der Waals surface area contributed by atoms with Crippen molar-refractivity contribution >= 4 is 19.7 Å². The van der Waals surface area contributed by atoms with Crippen molar-refractivity contribution in [2.75, 3.05) is 40.9 Å². The first kappa shape index (κ1) is 73.2. The summed E-state index contributed by atoms with van der Waals surface area (Å²) in [4.78, 5) is 37.7. The van der Waals surface area contributed by atoms with Gasteiger partial charge in [0, 0.05) is 12.8 Å². The predicted octanol–water partition coefficient (Wildman–Crippen LogP) is 19.4. The zero-order valence-corrected chi connectivity index (χ0v) is 51.1. The minimum absolute atomic E-state index is 0.0337. The number of ether oxygens (including phenoxy) is 1. The van der Waals surface area contributed by atoms with E-state index in [1.807, 2.05) is 33.3 Å². The summed E-state index contributed by atoms with van der Waals surface area (Å²) in [6.07, 6.45) is 72.9. The second kappa shape index (κ2) is 55.5. The van der Waals surface area contributed by atoms with Gasteiger partial charge in [0.1, 0.15) is 19.3 Å². The molecule has 10 heteroatoms. The third-order valence-electron chi connectivity index (χ3n) is 13.6. The van der Waals surface area contributed by atoms with E-state index >= 15 is 0 Å². The van der Waals surface area contributed by atoms with Crippen LogP contribution in [0.25, 0.3) is 0 Å². The van der Waals surface area contributed by atoms with Gasteiger partial charge >= 0.3 is 13.8 Å². The third kappa shape index (κ3) is 55.9. The fraction of sp³-hybridized carbons (Fsp3) is 0.758. The molecular weight excluding hydrogens is 964 g/mol. The number of carbonyl (C=O) groups is 2. The highest BCUT2D eigenvalue weighted by atomic mass is 31.2. The van der Waals surface area contributed by atoms with Crippen molar-refractivity contribution in [3.05, 3.63) is 85.1 Å². The van der Waals surface area contributed by atoms with Crippen LogP contribution in [0.2, 0.25) is 0 Å². The van der Waals surface area contributed by atoms with Crippen molar-refractivity contribution < 1.29 is 37.3 Å². The summed E-state index contributed by atoms with van der Waals surface area (Å²) >= 11 is 0. The molecule has 3 atom stereocenters. The van der Waals surface area contributed by atoms with Crippen LogP contribution in [0.15, 0.2) is 85.1 Å². The molecule has 440 valence electrons. The van der Waals surface area contributed by atoms with E-state index in [1.165, 1.54) is 116 Å². The Hall–Kier alpha value is -2.81. The van der Waals surface area contributed by atoms with Gasteiger partial charge in [0.05, 0.1) is 33.8 Å². The number of quaternary nitrogens is 1. The number of hydrogen-bond acceptors (Lipinski definition) is 6. The Kier molecular flexibility index (Phi) is 53.5. The van der Waals surface area contributed by atoms with E-state index in [1.54, 1.807) is 0 Å². The number of hydrogen-bond donors (Lipinski definition) is 2. The number of esters is 1. The van der Waals surface area contributed by atoms with E-state index < -0.39 is 20.0 Å². The number of phosphoric ester groups is 1. The van der Waals surface area contributed by atoms with Gasteiger partial charge in [-0.2, -0.15) is 0 Å². The molecule has 76 heavy (non-hydrogen) atoms. The molecule has 0 aromatic heterocycles. The summed E-state index contributed by atoms with van der Waals surface area (Å²) in [6, 6.07) is -0.860. The van der Waals surface area contributed by atoms with Crippen LogP contribution in [0.5, 0.6) is 0 Å². The lowest BCUT2D eigenvalue weighted by atomic mass is 10.1. The molecular formula is C66H120N2O7P+. The minimum atomic E-state index is -4.45. The molecule has 0 saturated heterocycles. The summed E-state index contributed by atoms with van der Waals surface area (Å²) in [7, 11) is 1.48. The van der Waals surface area contributed by atoms with Crippen molar-refractivity contribution in [2.24, 2.45) is 0 Å². The summed E-state index contributed by atoms with van der Waals surface area (Å²) in [5.74, 6) is -0.528. The van der Waals surface area contributed by atoms with Crippen molar-refractivity contribution in [3.63, 3.8) is 0 Å². The van der Waals surface area contributed by atoms with Crippen molar-refractivity contribution in [1.29, 1.82) is 0 Å². The molecule has 0 aliphatic heterocycles. The van der Waals surface area contributed by atoms with Crippen LogP contribution < -0.4 is 5.32 Å². The minimum Gasteiger partial charge on any atom is -0.456 e. The first-order valence-electron chi connectivity index (χ1n) is 31.4.